The van der Waals surface area contributed by atoms with Crippen LogP contribution in [-0.4, -0.2) is 40.0 Å². The number of hydrogen-bond acceptors (Lipinski definition) is 4. The second kappa shape index (κ2) is 9.93. The fraction of sp³-hybridized carbons (Fsp3) is 0.360. The molecule has 2 aromatic carbocycles. The summed E-state index contributed by atoms with van der Waals surface area (Å²) >= 11 is 6.13. The van der Waals surface area contributed by atoms with Crippen LogP contribution < -0.4 is 10.2 Å². The molecule has 2 heterocycles. The molecule has 3 aromatic rings. The monoisotopic (exact) mass is 470 g/mol. The molecule has 0 aliphatic carbocycles. The SMILES string of the molecule is CC(C)c1c(C(=O)NCc2ccc(N3CCC(O)CC3)c(F)c2)cnn1-c1cccc(Cl)c1. The van der Waals surface area contributed by atoms with Gasteiger partial charge in [0.25, 0.3) is 5.91 Å². The highest BCUT2D eigenvalue weighted by atomic mass is 35.5. The minimum absolute atomic E-state index is 0.0482. The average molecular weight is 471 g/mol. The van der Waals surface area contributed by atoms with Crippen molar-refractivity contribution in [3.05, 3.63) is 76.3 Å². The third-order valence-corrected chi connectivity index (χ3v) is 6.16. The molecule has 0 atom stereocenters. The molecule has 2 N–H and O–H groups in total. The molecule has 8 heteroatoms. The van der Waals surface area contributed by atoms with Crippen molar-refractivity contribution in [2.45, 2.75) is 45.3 Å². The highest BCUT2D eigenvalue weighted by Gasteiger charge is 2.22. The Labute approximate surface area is 198 Å². The highest BCUT2D eigenvalue weighted by Crippen LogP contribution is 2.26. The van der Waals surface area contributed by atoms with Crippen molar-refractivity contribution < 1.29 is 14.3 Å². The predicted octanol–water partition coefficient (Wildman–Crippen LogP) is 4.68. The Hall–Kier alpha value is -2.90. The van der Waals surface area contributed by atoms with Crippen LogP contribution in [0.3, 0.4) is 0 Å². The van der Waals surface area contributed by atoms with E-state index in [4.69, 9.17) is 11.6 Å². The number of aliphatic hydroxyl groups is 1. The van der Waals surface area contributed by atoms with Gasteiger partial charge in [-0.05, 0) is 54.7 Å². The van der Waals surface area contributed by atoms with Crippen molar-refractivity contribution >= 4 is 23.2 Å². The molecule has 0 radical (unpaired) electrons. The molecule has 0 spiro atoms. The van der Waals surface area contributed by atoms with Crippen LogP contribution in [0.25, 0.3) is 5.69 Å². The number of amides is 1. The van der Waals surface area contributed by atoms with Crippen LogP contribution in [0.1, 0.15) is 54.2 Å². The Morgan fingerprint density at radius 1 is 1.24 bits per heavy atom. The van der Waals surface area contributed by atoms with Crippen LogP contribution in [0, 0.1) is 5.82 Å². The number of halogens is 2. The lowest BCUT2D eigenvalue weighted by Gasteiger charge is -2.31. The van der Waals surface area contributed by atoms with Crippen LogP contribution in [-0.2, 0) is 6.54 Å². The summed E-state index contributed by atoms with van der Waals surface area (Å²) in [7, 11) is 0. The average Bonchev–Trinajstić information content (AvgIpc) is 3.24. The van der Waals surface area contributed by atoms with E-state index < -0.39 is 0 Å². The number of nitrogens with one attached hydrogen (secondary N) is 1. The molecule has 33 heavy (non-hydrogen) atoms. The van der Waals surface area contributed by atoms with E-state index >= 15 is 0 Å². The molecular weight excluding hydrogens is 443 g/mol. The fourth-order valence-corrected chi connectivity index (χ4v) is 4.39. The van der Waals surface area contributed by atoms with Gasteiger partial charge in [-0.1, -0.05) is 37.6 Å². The number of anilines is 1. The number of aromatic nitrogens is 2. The van der Waals surface area contributed by atoms with Gasteiger partial charge in [-0.15, -0.1) is 0 Å². The van der Waals surface area contributed by atoms with Crippen molar-refractivity contribution in [2.24, 2.45) is 0 Å². The summed E-state index contributed by atoms with van der Waals surface area (Å²) in [5.41, 5.74) is 3.25. The maximum Gasteiger partial charge on any atom is 0.255 e. The Kier molecular flexibility index (Phi) is 7.00. The zero-order valence-corrected chi connectivity index (χ0v) is 19.5. The van der Waals surface area contributed by atoms with Crippen molar-refractivity contribution in [1.29, 1.82) is 0 Å². The number of hydrogen-bond donors (Lipinski definition) is 2. The number of rotatable bonds is 6. The summed E-state index contributed by atoms with van der Waals surface area (Å²) in [6, 6.07) is 12.3. The summed E-state index contributed by atoms with van der Waals surface area (Å²) in [6.45, 7) is 5.46. The van der Waals surface area contributed by atoms with Gasteiger partial charge < -0.3 is 15.3 Å². The van der Waals surface area contributed by atoms with Crippen molar-refractivity contribution in [2.75, 3.05) is 18.0 Å². The van der Waals surface area contributed by atoms with E-state index in [0.29, 0.717) is 47.8 Å². The van der Waals surface area contributed by atoms with Gasteiger partial charge in [0.15, 0.2) is 0 Å². The lowest BCUT2D eigenvalue weighted by Crippen LogP contribution is -2.36. The van der Waals surface area contributed by atoms with E-state index in [2.05, 4.69) is 10.4 Å². The molecule has 1 aliphatic heterocycles. The first-order valence-corrected chi connectivity index (χ1v) is 11.5. The largest absolute Gasteiger partial charge is 0.393 e. The van der Waals surface area contributed by atoms with Crippen LogP contribution in [0.15, 0.2) is 48.7 Å². The quantitative estimate of drug-likeness (QED) is 0.548. The number of piperidine rings is 1. The van der Waals surface area contributed by atoms with Gasteiger partial charge in [0.2, 0.25) is 0 Å². The first-order chi connectivity index (χ1) is 15.8. The molecule has 0 unspecified atom stereocenters. The molecule has 1 amide bonds. The molecule has 4 rings (SSSR count). The zero-order valence-electron chi connectivity index (χ0n) is 18.8. The second-order valence-electron chi connectivity index (χ2n) is 8.68. The van der Waals surface area contributed by atoms with E-state index in [1.54, 1.807) is 29.1 Å². The van der Waals surface area contributed by atoms with Gasteiger partial charge in [0.05, 0.1) is 34.9 Å². The minimum atomic E-state index is -0.324. The standard InChI is InChI=1S/C25H28ClFN4O2/c1-16(2)24-21(15-29-31(24)19-5-3-4-18(26)13-19)25(33)28-14-17-6-7-23(22(27)12-17)30-10-8-20(32)9-11-30/h3-7,12-13,15-16,20,32H,8-11,14H2,1-2H3,(H,28,33). The van der Waals surface area contributed by atoms with Gasteiger partial charge in [-0.25, -0.2) is 9.07 Å². The van der Waals surface area contributed by atoms with Gasteiger partial charge in [0, 0.05) is 24.7 Å². The smallest absolute Gasteiger partial charge is 0.255 e. The topological polar surface area (TPSA) is 70.4 Å². The van der Waals surface area contributed by atoms with Crippen molar-refractivity contribution in [1.82, 2.24) is 15.1 Å². The van der Waals surface area contributed by atoms with E-state index in [1.807, 2.05) is 36.9 Å². The van der Waals surface area contributed by atoms with Crippen LogP contribution in [0.5, 0.6) is 0 Å². The summed E-state index contributed by atoms with van der Waals surface area (Å²) in [5, 5.41) is 17.6. The number of carbonyl (C=O) groups is 1. The van der Waals surface area contributed by atoms with Gasteiger partial charge in [-0.3, -0.25) is 4.79 Å². The number of benzene rings is 2. The number of carbonyl (C=O) groups excluding carboxylic acids is 1. The number of nitrogens with zero attached hydrogens (tertiary/aromatic N) is 3. The minimum Gasteiger partial charge on any atom is -0.393 e. The molecule has 0 saturated carbocycles. The first kappa shape index (κ1) is 23.3. The maximum atomic E-state index is 14.7. The van der Waals surface area contributed by atoms with Gasteiger partial charge in [-0.2, -0.15) is 5.10 Å². The molecule has 1 aliphatic rings. The van der Waals surface area contributed by atoms with E-state index in [9.17, 15) is 14.3 Å². The first-order valence-electron chi connectivity index (χ1n) is 11.2. The third kappa shape index (κ3) is 5.20. The van der Waals surface area contributed by atoms with E-state index in [-0.39, 0.29) is 30.3 Å². The van der Waals surface area contributed by atoms with Crippen LogP contribution in [0.2, 0.25) is 5.02 Å². The third-order valence-electron chi connectivity index (χ3n) is 5.92. The fourth-order valence-electron chi connectivity index (χ4n) is 4.20. The normalized spacial score (nSPS) is 14.7. The Morgan fingerprint density at radius 3 is 2.67 bits per heavy atom. The Balaban J connectivity index is 1.47. The van der Waals surface area contributed by atoms with E-state index in [0.717, 1.165) is 11.4 Å². The second-order valence-corrected chi connectivity index (χ2v) is 9.11. The van der Waals surface area contributed by atoms with Crippen LogP contribution in [0.4, 0.5) is 10.1 Å². The maximum absolute atomic E-state index is 14.7. The summed E-state index contributed by atoms with van der Waals surface area (Å²) < 4.78 is 16.5. The zero-order chi connectivity index (χ0) is 23.5. The molecule has 174 valence electrons. The lowest BCUT2D eigenvalue weighted by atomic mass is 10.0. The molecule has 6 nitrogen and oxygen atoms in total. The van der Waals surface area contributed by atoms with Gasteiger partial charge >= 0.3 is 0 Å². The van der Waals surface area contributed by atoms with Crippen molar-refractivity contribution in [3.8, 4) is 5.69 Å². The summed E-state index contributed by atoms with van der Waals surface area (Å²) in [6.07, 6.45) is 2.52. The predicted molar refractivity (Wildman–Crippen MR) is 128 cm³/mol. The molecule has 1 aromatic heterocycles. The van der Waals surface area contributed by atoms with Crippen molar-refractivity contribution in [3.63, 3.8) is 0 Å². The highest BCUT2D eigenvalue weighted by molar-refractivity contribution is 6.30. The Bertz CT molecular complexity index is 1140. The van der Waals surface area contributed by atoms with E-state index in [1.165, 1.54) is 6.07 Å². The number of aliphatic hydroxyl groups excluding tert-OH is 1. The summed E-state index contributed by atoms with van der Waals surface area (Å²) in [5.74, 6) is -0.539. The summed E-state index contributed by atoms with van der Waals surface area (Å²) in [4.78, 5) is 14.9. The lowest BCUT2D eigenvalue weighted by molar-refractivity contribution is 0.0949. The van der Waals surface area contributed by atoms with Crippen LogP contribution >= 0.6 is 11.6 Å². The molecule has 0 bridgehead atoms. The van der Waals surface area contributed by atoms with Gasteiger partial charge in [0.1, 0.15) is 5.82 Å². The molecule has 1 fully saturated rings. The molecular formula is C25H28ClFN4O2. The molecule has 1 saturated heterocycles. The Morgan fingerprint density at radius 2 is 2.00 bits per heavy atom.